The number of nitrogens with zero attached hydrogens (tertiary/aromatic N) is 1. The lowest BCUT2D eigenvalue weighted by Gasteiger charge is -2.42. The molecule has 0 radical (unpaired) electrons. The number of rotatable bonds is 9. The fourth-order valence-electron chi connectivity index (χ4n) is 5.62. The Morgan fingerprint density at radius 1 is 0.622 bits per heavy atom. The van der Waals surface area contributed by atoms with Gasteiger partial charge in [-0.1, -0.05) is 94.4 Å². The van der Waals surface area contributed by atoms with Crippen LogP contribution in [-0.2, 0) is 19.3 Å². The summed E-state index contributed by atoms with van der Waals surface area (Å²) in [6.45, 7) is 11.6. The Morgan fingerprint density at radius 2 is 1.08 bits per heavy atom. The third-order valence-electron chi connectivity index (χ3n) is 8.45. The highest BCUT2D eigenvalue weighted by Gasteiger charge is 2.30. The molecule has 1 aliphatic carbocycles. The van der Waals surface area contributed by atoms with E-state index in [0.717, 1.165) is 19.3 Å². The summed E-state index contributed by atoms with van der Waals surface area (Å²) in [7, 11) is 0. The van der Waals surface area contributed by atoms with Gasteiger partial charge >= 0.3 is 0 Å². The van der Waals surface area contributed by atoms with Gasteiger partial charge in [0.25, 0.3) is 0 Å². The highest BCUT2D eigenvalue weighted by atomic mass is 15.2. The molecule has 0 amide bonds. The molecule has 0 aliphatic heterocycles. The van der Waals surface area contributed by atoms with Crippen LogP contribution in [0.15, 0.2) is 91.0 Å². The van der Waals surface area contributed by atoms with Crippen LogP contribution in [0.3, 0.4) is 0 Å². The van der Waals surface area contributed by atoms with Crippen molar-refractivity contribution in [3.05, 3.63) is 108 Å². The summed E-state index contributed by atoms with van der Waals surface area (Å²) in [6, 6.07) is 34.4. The standard InChI is InChI=1S/C36H41N/c1-6-36(5,7-2)37(35-22-18-31(19-23-35)33-15-13-30-12-14-32(30)25-33)34-20-16-29(17-21-34)28-10-8-27(9-11-28)24-26(3)4/h8-11,13,15-23,25-26H,6-7,12,14,24H2,1-5H3. The molecule has 4 aromatic rings. The van der Waals surface area contributed by atoms with Crippen LogP contribution in [0, 0.1) is 5.92 Å². The Bertz CT molecular complexity index is 1320. The SMILES string of the molecule is CCC(C)(CC)N(c1ccc(-c2ccc(CC(C)C)cc2)cc1)c1ccc(-c2ccc3c(c2)CC3)cc1. The van der Waals surface area contributed by atoms with Gasteiger partial charge in [-0.3, -0.25) is 0 Å². The second-order valence-electron chi connectivity index (χ2n) is 11.4. The van der Waals surface area contributed by atoms with Gasteiger partial charge in [0.05, 0.1) is 0 Å². The summed E-state index contributed by atoms with van der Waals surface area (Å²) in [5.41, 5.74) is 12.2. The first kappa shape index (κ1) is 25.3. The summed E-state index contributed by atoms with van der Waals surface area (Å²) < 4.78 is 0. The molecule has 1 aliphatic rings. The highest BCUT2D eigenvalue weighted by Crippen LogP contribution is 2.39. The van der Waals surface area contributed by atoms with E-state index in [0.29, 0.717) is 5.92 Å². The number of fused-ring (bicyclic) bond motifs is 1. The molecular weight excluding hydrogens is 446 g/mol. The van der Waals surface area contributed by atoms with Crippen LogP contribution >= 0.6 is 0 Å². The minimum Gasteiger partial charge on any atom is -0.336 e. The summed E-state index contributed by atoms with van der Waals surface area (Å²) in [5.74, 6) is 0.681. The summed E-state index contributed by atoms with van der Waals surface area (Å²) in [5, 5.41) is 0. The fourth-order valence-corrected chi connectivity index (χ4v) is 5.62. The average molecular weight is 488 g/mol. The van der Waals surface area contributed by atoms with Crippen molar-refractivity contribution in [3.63, 3.8) is 0 Å². The first-order valence-electron chi connectivity index (χ1n) is 14.1. The number of benzene rings is 4. The molecule has 1 heteroatoms. The predicted octanol–water partition coefficient (Wildman–Crippen LogP) is 10.0. The van der Waals surface area contributed by atoms with Gasteiger partial charge in [0.2, 0.25) is 0 Å². The molecule has 0 spiro atoms. The van der Waals surface area contributed by atoms with E-state index in [4.69, 9.17) is 0 Å². The molecule has 0 bridgehead atoms. The van der Waals surface area contributed by atoms with Crippen LogP contribution in [-0.4, -0.2) is 5.54 Å². The van der Waals surface area contributed by atoms with Gasteiger partial charge in [-0.2, -0.15) is 0 Å². The minimum absolute atomic E-state index is 0.0389. The van der Waals surface area contributed by atoms with Crippen molar-refractivity contribution in [2.24, 2.45) is 5.92 Å². The Hall–Kier alpha value is -3.32. The number of aryl methyl sites for hydroxylation is 2. The largest absolute Gasteiger partial charge is 0.336 e. The fraction of sp³-hybridized carbons (Fsp3) is 0.333. The van der Waals surface area contributed by atoms with Gasteiger partial charge in [-0.15, -0.1) is 0 Å². The Balaban J connectivity index is 1.43. The van der Waals surface area contributed by atoms with Gasteiger partial charge in [0, 0.05) is 16.9 Å². The maximum atomic E-state index is 2.55. The van der Waals surface area contributed by atoms with E-state index in [1.54, 1.807) is 0 Å². The zero-order valence-corrected chi connectivity index (χ0v) is 23.2. The zero-order chi connectivity index (χ0) is 26.0. The quantitative estimate of drug-likeness (QED) is 0.227. The molecule has 0 heterocycles. The average Bonchev–Trinajstić information content (AvgIpc) is 2.90. The Kier molecular flexibility index (Phi) is 7.24. The van der Waals surface area contributed by atoms with E-state index in [-0.39, 0.29) is 5.54 Å². The molecule has 0 atom stereocenters. The minimum atomic E-state index is 0.0389. The summed E-state index contributed by atoms with van der Waals surface area (Å²) >= 11 is 0. The molecule has 190 valence electrons. The number of hydrogen-bond donors (Lipinski definition) is 0. The topological polar surface area (TPSA) is 3.24 Å². The van der Waals surface area contributed by atoms with Gasteiger partial charge in [-0.05, 0) is 108 Å². The molecule has 0 fully saturated rings. The summed E-state index contributed by atoms with van der Waals surface area (Å²) in [6.07, 6.45) is 5.74. The number of anilines is 2. The van der Waals surface area contributed by atoms with Crippen molar-refractivity contribution in [1.82, 2.24) is 0 Å². The Morgan fingerprint density at radius 3 is 1.51 bits per heavy atom. The van der Waals surface area contributed by atoms with Gasteiger partial charge in [-0.25, -0.2) is 0 Å². The highest BCUT2D eigenvalue weighted by molar-refractivity contribution is 5.74. The van der Waals surface area contributed by atoms with Crippen LogP contribution in [0.5, 0.6) is 0 Å². The maximum absolute atomic E-state index is 2.55. The van der Waals surface area contributed by atoms with E-state index >= 15 is 0 Å². The third kappa shape index (κ3) is 5.23. The van der Waals surface area contributed by atoms with E-state index < -0.39 is 0 Å². The van der Waals surface area contributed by atoms with Crippen LogP contribution < -0.4 is 4.90 Å². The lowest BCUT2D eigenvalue weighted by molar-refractivity contribution is 0.428. The van der Waals surface area contributed by atoms with Crippen molar-refractivity contribution < 1.29 is 0 Å². The molecule has 0 N–H and O–H groups in total. The van der Waals surface area contributed by atoms with E-state index in [2.05, 4.69) is 131 Å². The van der Waals surface area contributed by atoms with Crippen LogP contribution in [0.2, 0.25) is 0 Å². The molecule has 37 heavy (non-hydrogen) atoms. The molecule has 0 aromatic heterocycles. The van der Waals surface area contributed by atoms with Crippen molar-refractivity contribution in [2.45, 2.75) is 72.3 Å². The van der Waals surface area contributed by atoms with E-state index in [9.17, 15) is 0 Å². The molecule has 0 saturated carbocycles. The zero-order valence-electron chi connectivity index (χ0n) is 23.2. The van der Waals surface area contributed by atoms with Crippen molar-refractivity contribution >= 4 is 11.4 Å². The smallest absolute Gasteiger partial charge is 0.0418 e. The van der Waals surface area contributed by atoms with Crippen LogP contribution in [0.4, 0.5) is 11.4 Å². The molecule has 5 rings (SSSR count). The molecule has 0 saturated heterocycles. The van der Waals surface area contributed by atoms with Crippen LogP contribution in [0.1, 0.15) is 64.2 Å². The molecule has 4 aromatic carbocycles. The van der Waals surface area contributed by atoms with Gasteiger partial charge in [0.15, 0.2) is 0 Å². The first-order valence-corrected chi connectivity index (χ1v) is 14.1. The van der Waals surface area contributed by atoms with E-state index in [1.165, 1.54) is 63.2 Å². The first-order chi connectivity index (χ1) is 17.9. The second-order valence-corrected chi connectivity index (χ2v) is 11.4. The maximum Gasteiger partial charge on any atom is 0.0418 e. The monoisotopic (exact) mass is 487 g/mol. The summed E-state index contributed by atoms with van der Waals surface area (Å²) in [4.78, 5) is 2.55. The van der Waals surface area contributed by atoms with E-state index in [1.807, 2.05) is 0 Å². The molecule has 0 unspecified atom stereocenters. The lowest BCUT2D eigenvalue weighted by atomic mass is 9.86. The molecule has 1 nitrogen and oxygen atoms in total. The molecular formula is C36H41N. The number of hydrogen-bond acceptors (Lipinski definition) is 1. The van der Waals surface area contributed by atoms with Crippen LogP contribution in [0.25, 0.3) is 22.3 Å². The second kappa shape index (κ2) is 10.6. The van der Waals surface area contributed by atoms with Crippen molar-refractivity contribution in [3.8, 4) is 22.3 Å². The normalized spacial score (nSPS) is 12.8. The lowest BCUT2D eigenvalue weighted by Crippen LogP contribution is -2.42. The van der Waals surface area contributed by atoms with Gasteiger partial charge in [0.1, 0.15) is 0 Å². The Labute approximate surface area is 224 Å². The van der Waals surface area contributed by atoms with Crippen molar-refractivity contribution in [1.29, 1.82) is 0 Å². The van der Waals surface area contributed by atoms with Crippen molar-refractivity contribution in [2.75, 3.05) is 4.90 Å². The predicted molar refractivity (Wildman–Crippen MR) is 161 cm³/mol. The third-order valence-corrected chi connectivity index (χ3v) is 8.45. The van der Waals surface area contributed by atoms with Gasteiger partial charge < -0.3 is 4.90 Å².